The highest BCUT2D eigenvalue weighted by atomic mass is 16.5. The number of anilines is 1. The van der Waals surface area contributed by atoms with Crippen LogP contribution in [0.4, 0.5) is 10.7 Å². The molecule has 4 amide bonds. The molecule has 5 aromatic rings. The molecule has 4 atom stereocenters. The number of hydrogen-bond acceptors (Lipinski definition) is 13. The number of carbonyl (C=O) groups is 4. The molecular weight excluding hydrogens is 943 g/mol. The number of phenolic OH excluding ortho intramolecular Hbond substituents is 1. The number of carboxylic acid groups (broad SMARTS) is 1. The van der Waals surface area contributed by atoms with Crippen molar-refractivity contribution in [2.75, 3.05) is 50.8 Å². The van der Waals surface area contributed by atoms with E-state index in [-0.39, 0.29) is 56.8 Å². The summed E-state index contributed by atoms with van der Waals surface area (Å²) in [5.74, 6) is 2.32. The fourth-order valence-electron chi connectivity index (χ4n) is 11.1. The summed E-state index contributed by atoms with van der Waals surface area (Å²) in [7, 11) is 0. The number of carbonyl (C=O) groups excluding carboxylic acids is 3. The molecule has 7 heterocycles. The standard InChI is InChI=1S/C55H67N11O8/c1-6-34-13-14-36(46(26-34)74-25-9-12-47(69)70)29-56-51(71)44-27-39(67)32-66(44)52(72)49(55(3,4)5)60-54(73)64-22-17-38(18-23-64)63-20-15-35(16-21-63)37-30-57-53(58-31-37)65-24-19-42-48(33(65)2)41-28-43(61-62-50(41)59-42)40-10-7-8-11-45(40)68/h1,7-8,10-11,13-14,26,28,30-31,33,35,38-39,44,49,67-68H,9,12,15-25,27,29,32H2,2-5H3,(H,56,71)(H,59,62)(H,60,73)(H,69,70)/t33-,39-,44+,49-/m1/s1. The average Bonchev–Trinajstić information content (AvgIpc) is 3.99. The van der Waals surface area contributed by atoms with E-state index in [1.165, 1.54) is 4.90 Å². The quantitative estimate of drug-likeness (QED) is 0.0594. The molecule has 6 N–H and O–H groups in total. The number of nitrogens with one attached hydrogen (secondary N) is 3. The van der Waals surface area contributed by atoms with Crippen molar-refractivity contribution in [3.63, 3.8) is 0 Å². The van der Waals surface area contributed by atoms with Crippen molar-refractivity contribution in [2.24, 2.45) is 5.41 Å². The lowest BCUT2D eigenvalue weighted by Crippen LogP contribution is -2.60. The summed E-state index contributed by atoms with van der Waals surface area (Å²) in [6.07, 6.45) is 13.3. The summed E-state index contributed by atoms with van der Waals surface area (Å²) < 4.78 is 5.85. The average molecular weight is 1010 g/mol. The van der Waals surface area contributed by atoms with Crippen LogP contribution in [0.25, 0.3) is 22.3 Å². The first-order valence-electron chi connectivity index (χ1n) is 25.8. The number of likely N-dealkylation sites (tertiary alicyclic amines) is 3. The Bertz CT molecular complexity index is 2900. The fourth-order valence-corrected chi connectivity index (χ4v) is 11.1. The van der Waals surface area contributed by atoms with Crippen molar-refractivity contribution in [3.05, 3.63) is 88.9 Å². The predicted molar refractivity (Wildman–Crippen MR) is 277 cm³/mol. The van der Waals surface area contributed by atoms with E-state index in [0.717, 1.165) is 79.6 Å². The Morgan fingerprint density at radius 1 is 0.973 bits per heavy atom. The molecule has 19 nitrogen and oxygen atoms in total. The van der Waals surface area contributed by atoms with Gasteiger partial charge >= 0.3 is 12.0 Å². The molecule has 3 saturated heterocycles. The normalized spacial score (nSPS) is 20.2. The van der Waals surface area contributed by atoms with Gasteiger partial charge in [-0.1, -0.05) is 44.9 Å². The molecule has 4 aliphatic heterocycles. The summed E-state index contributed by atoms with van der Waals surface area (Å²) in [4.78, 5) is 74.3. The summed E-state index contributed by atoms with van der Waals surface area (Å²) >= 11 is 0. The van der Waals surface area contributed by atoms with Gasteiger partial charge in [-0.25, -0.2) is 14.8 Å². The lowest BCUT2D eigenvalue weighted by atomic mass is 9.85. The number of nitrogens with zero attached hydrogens (tertiary/aromatic N) is 8. The maximum absolute atomic E-state index is 14.4. The Hall–Kier alpha value is -7.30. The first-order valence-corrected chi connectivity index (χ1v) is 25.8. The number of aliphatic hydroxyl groups excluding tert-OH is 1. The highest BCUT2D eigenvalue weighted by molar-refractivity contribution is 5.93. The minimum absolute atomic E-state index is 0.0132. The Labute approximate surface area is 431 Å². The number of aromatic nitrogens is 5. The summed E-state index contributed by atoms with van der Waals surface area (Å²) in [6, 6.07) is 12.3. The lowest BCUT2D eigenvalue weighted by molar-refractivity contribution is -0.142. The number of carboxylic acids is 1. The van der Waals surface area contributed by atoms with Gasteiger partial charge in [-0.3, -0.25) is 14.4 Å². The van der Waals surface area contributed by atoms with E-state index < -0.39 is 41.4 Å². The number of hydrogen-bond donors (Lipinski definition) is 6. The molecule has 0 unspecified atom stereocenters. The van der Waals surface area contributed by atoms with Gasteiger partial charge in [0.25, 0.3) is 0 Å². The predicted octanol–water partition coefficient (Wildman–Crippen LogP) is 5.52. The van der Waals surface area contributed by atoms with Gasteiger partial charge in [0.2, 0.25) is 17.8 Å². The highest BCUT2D eigenvalue weighted by Crippen LogP contribution is 2.39. The number of urea groups is 1. The molecule has 0 aliphatic carbocycles. The van der Waals surface area contributed by atoms with Crippen LogP contribution in [0.15, 0.2) is 60.9 Å². The Kier molecular flexibility index (Phi) is 15.4. The van der Waals surface area contributed by atoms with Crippen molar-refractivity contribution in [3.8, 4) is 35.1 Å². The van der Waals surface area contributed by atoms with Gasteiger partial charge in [-0.05, 0) is 99.3 Å². The van der Waals surface area contributed by atoms with E-state index in [2.05, 4.69) is 48.5 Å². The van der Waals surface area contributed by atoms with Crippen molar-refractivity contribution >= 4 is 40.8 Å². The number of piperidine rings is 2. The van der Waals surface area contributed by atoms with E-state index >= 15 is 0 Å². The van der Waals surface area contributed by atoms with E-state index in [1.807, 2.05) is 51.4 Å². The van der Waals surface area contributed by atoms with Crippen LogP contribution in [0.5, 0.6) is 11.5 Å². The summed E-state index contributed by atoms with van der Waals surface area (Å²) in [5.41, 5.74) is 5.83. The number of aromatic amines is 1. The number of amides is 4. The number of benzene rings is 2. The van der Waals surface area contributed by atoms with E-state index in [1.54, 1.807) is 35.2 Å². The van der Waals surface area contributed by atoms with Gasteiger partial charge in [0.1, 0.15) is 23.6 Å². The van der Waals surface area contributed by atoms with Crippen LogP contribution in [-0.4, -0.2) is 149 Å². The second kappa shape index (κ2) is 22.0. The van der Waals surface area contributed by atoms with Crippen LogP contribution >= 0.6 is 0 Å². The number of aromatic hydroxyl groups is 1. The number of aliphatic hydroxyl groups is 1. The first kappa shape index (κ1) is 51.6. The Morgan fingerprint density at radius 3 is 2.42 bits per heavy atom. The van der Waals surface area contributed by atoms with Crippen LogP contribution in [-0.2, 0) is 27.3 Å². The molecule has 0 saturated carbocycles. The van der Waals surface area contributed by atoms with Gasteiger partial charge in [0, 0.05) is 104 Å². The van der Waals surface area contributed by atoms with E-state index in [0.29, 0.717) is 59.1 Å². The molecule has 4 aliphatic rings. The van der Waals surface area contributed by atoms with E-state index in [9.17, 15) is 29.4 Å². The van der Waals surface area contributed by atoms with Crippen LogP contribution < -0.4 is 20.3 Å². The zero-order chi connectivity index (χ0) is 52.3. The van der Waals surface area contributed by atoms with Crippen molar-refractivity contribution in [1.29, 1.82) is 0 Å². The molecular formula is C55H67N11O8. The maximum Gasteiger partial charge on any atom is 0.318 e. The molecule has 0 spiro atoms. The molecule has 2 aromatic carbocycles. The maximum atomic E-state index is 14.4. The third kappa shape index (κ3) is 11.3. The molecule has 390 valence electrons. The largest absolute Gasteiger partial charge is 0.507 e. The molecule has 9 rings (SSSR count). The van der Waals surface area contributed by atoms with Gasteiger partial charge in [0.15, 0.2) is 5.65 Å². The number of β-amino-alcohol motifs (C(OH)–C–C–N with tert-alkyl or cyclic N) is 1. The number of terminal acetylenes is 1. The number of aliphatic carboxylic acids is 1. The molecule has 0 radical (unpaired) electrons. The molecule has 74 heavy (non-hydrogen) atoms. The van der Waals surface area contributed by atoms with Crippen molar-refractivity contribution < 1.29 is 39.2 Å². The smallest absolute Gasteiger partial charge is 0.318 e. The van der Waals surface area contributed by atoms with Crippen molar-refractivity contribution in [1.82, 2.24) is 50.5 Å². The highest BCUT2D eigenvalue weighted by Gasteiger charge is 2.45. The van der Waals surface area contributed by atoms with Gasteiger partial charge < -0.3 is 55.3 Å². The molecule has 3 fully saturated rings. The second-order valence-corrected chi connectivity index (χ2v) is 21.2. The SMILES string of the molecule is C#Cc1ccc(CNC(=O)[C@@H]2C[C@@H](O)CN2C(=O)[C@@H](NC(=O)N2CCC(N3CCC(c4cnc(N5CCc6[nH]c7nnc(-c8ccccc8O)cc7c6[C@H]5C)nc4)CC3)CC2)C(C)(C)C)c(OCCCC(=O)O)c1. The molecule has 0 bridgehead atoms. The molecule has 19 heteroatoms. The number of fused-ring (bicyclic) bond motifs is 3. The van der Waals surface area contributed by atoms with Crippen LogP contribution in [0.1, 0.15) is 113 Å². The number of phenols is 1. The number of H-pyrrole nitrogens is 1. The zero-order valence-corrected chi connectivity index (χ0v) is 42.6. The fraction of sp³-hybridized carbons (Fsp3) is 0.491. The summed E-state index contributed by atoms with van der Waals surface area (Å²) in [5, 5.41) is 46.0. The topological polar surface area (TPSA) is 243 Å². The number of para-hydroxylation sites is 1. The van der Waals surface area contributed by atoms with Crippen LogP contribution in [0.2, 0.25) is 0 Å². The summed E-state index contributed by atoms with van der Waals surface area (Å²) in [6.45, 7) is 11.6. The minimum atomic E-state index is -0.972. The zero-order valence-electron chi connectivity index (χ0n) is 42.6. The lowest BCUT2D eigenvalue weighted by Gasteiger charge is -2.42. The Morgan fingerprint density at radius 2 is 1.72 bits per heavy atom. The van der Waals surface area contributed by atoms with Gasteiger partial charge in [-0.2, -0.15) is 0 Å². The van der Waals surface area contributed by atoms with Gasteiger partial charge in [0.05, 0.1) is 24.4 Å². The van der Waals surface area contributed by atoms with Crippen LogP contribution in [0.3, 0.4) is 0 Å². The minimum Gasteiger partial charge on any atom is -0.507 e. The van der Waals surface area contributed by atoms with Crippen LogP contribution in [0, 0.1) is 17.8 Å². The monoisotopic (exact) mass is 1010 g/mol. The Balaban J connectivity index is 0.755. The first-order chi connectivity index (χ1) is 35.6. The van der Waals surface area contributed by atoms with Gasteiger partial charge in [-0.15, -0.1) is 16.6 Å². The third-order valence-corrected chi connectivity index (χ3v) is 15.3. The molecule has 3 aromatic heterocycles. The number of rotatable bonds is 14. The number of ether oxygens (including phenoxy) is 1. The van der Waals surface area contributed by atoms with E-state index in [4.69, 9.17) is 26.2 Å². The van der Waals surface area contributed by atoms with Crippen molar-refractivity contribution in [2.45, 2.75) is 122 Å². The second-order valence-electron chi connectivity index (χ2n) is 21.2. The third-order valence-electron chi connectivity index (χ3n) is 15.3.